The molecule has 0 amide bonds. The second kappa shape index (κ2) is 40.6. The summed E-state index contributed by atoms with van der Waals surface area (Å²) in [7, 11) is 0. The van der Waals surface area contributed by atoms with Gasteiger partial charge in [0.25, 0.3) is 0 Å². The molecule has 78 heavy (non-hydrogen) atoms. The Labute approximate surface area is 465 Å². The van der Waals surface area contributed by atoms with Crippen LogP contribution in [0.2, 0.25) is 0 Å². The van der Waals surface area contributed by atoms with Crippen molar-refractivity contribution in [1.29, 1.82) is 0 Å². The number of hydrogen-bond donors (Lipinski definition) is 0. The first-order chi connectivity index (χ1) is 38.2. The van der Waals surface area contributed by atoms with E-state index in [1.807, 2.05) is 271 Å². The highest BCUT2D eigenvalue weighted by Crippen LogP contribution is 2.14. The molecule has 0 aliphatic carbocycles. The van der Waals surface area contributed by atoms with E-state index in [0.29, 0.717) is 0 Å². The molecule has 0 N–H and O–H groups in total. The first-order valence-corrected chi connectivity index (χ1v) is 27.2. The fourth-order valence-corrected chi connectivity index (χ4v) is 6.44. The minimum atomic E-state index is 0.823. The van der Waals surface area contributed by atoms with Crippen LogP contribution in [0.15, 0.2) is 183 Å². The van der Waals surface area contributed by atoms with E-state index in [0.717, 1.165) is 94.3 Å². The molecule has 10 heterocycles. The summed E-state index contributed by atoms with van der Waals surface area (Å²) in [6, 6.07) is 41.9. The molecule has 0 fully saturated rings. The average Bonchev–Trinajstić information content (AvgIpc) is 3.51. The summed E-state index contributed by atoms with van der Waals surface area (Å²) in [6.07, 6.45) is 16.3. The predicted octanol–water partition coefficient (Wildman–Crippen LogP) is 17.8. The van der Waals surface area contributed by atoms with Gasteiger partial charge in [-0.15, -0.1) is 0 Å². The van der Waals surface area contributed by atoms with Gasteiger partial charge in [0.15, 0.2) is 5.65 Å². The summed E-state index contributed by atoms with van der Waals surface area (Å²) in [5.74, 6) is 0.823. The zero-order valence-corrected chi connectivity index (χ0v) is 49.7. The highest BCUT2D eigenvalue weighted by molar-refractivity contribution is 5.81. The maximum absolute atomic E-state index is 4.26. The molecule has 10 aromatic heterocycles. The van der Waals surface area contributed by atoms with Crippen molar-refractivity contribution in [3.8, 4) is 0 Å². The van der Waals surface area contributed by atoms with Crippen molar-refractivity contribution in [3.05, 3.63) is 217 Å². The second-order valence-electron chi connectivity index (χ2n) is 15.1. The molecular weight excluding hydrogens is 961 g/mol. The number of hydrogen-bond acceptors (Lipinski definition) is 12. The minimum Gasteiger partial charge on any atom is -0.264 e. The summed E-state index contributed by atoms with van der Waals surface area (Å²) >= 11 is 0. The van der Waals surface area contributed by atoms with Crippen LogP contribution in [-0.2, 0) is 0 Å². The van der Waals surface area contributed by atoms with Gasteiger partial charge in [0.2, 0.25) is 0 Å². The van der Waals surface area contributed by atoms with Gasteiger partial charge >= 0.3 is 0 Å². The Morgan fingerprint density at radius 3 is 1.41 bits per heavy atom. The molecule has 0 spiro atoms. The van der Waals surface area contributed by atoms with Gasteiger partial charge in [-0.2, -0.15) is 10.2 Å². The molecule has 12 rings (SSSR count). The van der Waals surface area contributed by atoms with Crippen LogP contribution in [0.5, 0.6) is 0 Å². The number of benzene rings is 2. The summed E-state index contributed by atoms with van der Waals surface area (Å²) in [6.45, 7) is 35.7. The fourth-order valence-electron chi connectivity index (χ4n) is 6.44. The van der Waals surface area contributed by atoms with Gasteiger partial charge in [-0.05, 0) is 132 Å². The normalized spacial score (nSPS) is 9.15. The van der Waals surface area contributed by atoms with Crippen LogP contribution in [-0.4, -0.2) is 60.0 Å². The number of aromatic nitrogens is 12. The lowest BCUT2D eigenvalue weighted by atomic mass is 10.2. The summed E-state index contributed by atoms with van der Waals surface area (Å²) in [5.41, 5.74) is 9.83. The first-order valence-electron chi connectivity index (χ1n) is 27.2. The third-order valence-corrected chi connectivity index (χ3v) is 9.74. The molecule has 0 radical (unpaired) electrons. The molecule has 12 aromatic rings. The molecule has 408 valence electrons. The van der Waals surface area contributed by atoms with Crippen LogP contribution in [0.3, 0.4) is 0 Å². The molecule has 12 heteroatoms. The Bertz CT molecular complexity index is 2890. The van der Waals surface area contributed by atoms with Crippen LogP contribution in [0.4, 0.5) is 0 Å². The lowest BCUT2D eigenvalue weighted by molar-refractivity contribution is 1.02. The average molecular weight is 1050 g/mol. The van der Waals surface area contributed by atoms with Crippen LogP contribution < -0.4 is 0 Å². The Morgan fingerprint density at radius 1 is 0.256 bits per heavy atom. The lowest BCUT2D eigenvalue weighted by Gasteiger charge is -1.95. The highest BCUT2D eigenvalue weighted by atomic mass is 15.1. The van der Waals surface area contributed by atoms with E-state index < -0.39 is 0 Å². The van der Waals surface area contributed by atoms with Crippen molar-refractivity contribution in [2.75, 3.05) is 0 Å². The van der Waals surface area contributed by atoms with Gasteiger partial charge in [-0.1, -0.05) is 126 Å². The Hall–Kier alpha value is -8.64. The highest BCUT2D eigenvalue weighted by Gasteiger charge is 1.97. The van der Waals surface area contributed by atoms with Gasteiger partial charge < -0.3 is 0 Å². The maximum Gasteiger partial charge on any atom is 0.159 e. The van der Waals surface area contributed by atoms with Gasteiger partial charge in [0, 0.05) is 105 Å². The van der Waals surface area contributed by atoms with Gasteiger partial charge in [-0.25, -0.2) is 19.9 Å². The van der Waals surface area contributed by atoms with E-state index in [2.05, 4.69) is 66.1 Å². The van der Waals surface area contributed by atoms with Gasteiger partial charge in [0.05, 0.1) is 34.0 Å². The van der Waals surface area contributed by atoms with Gasteiger partial charge in [-0.3, -0.25) is 29.9 Å². The van der Waals surface area contributed by atoms with Crippen molar-refractivity contribution in [2.24, 2.45) is 0 Å². The molecule has 2 aromatic carbocycles. The largest absolute Gasteiger partial charge is 0.264 e. The van der Waals surface area contributed by atoms with Crippen molar-refractivity contribution in [2.45, 2.75) is 125 Å². The Balaban J connectivity index is 0.000000450. The summed E-state index contributed by atoms with van der Waals surface area (Å²) in [5, 5.41) is 15.9. The van der Waals surface area contributed by atoms with Crippen LogP contribution in [0.1, 0.15) is 117 Å². The van der Waals surface area contributed by atoms with E-state index in [9.17, 15) is 0 Å². The van der Waals surface area contributed by atoms with Crippen molar-refractivity contribution in [1.82, 2.24) is 60.0 Å². The van der Waals surface area contributed by atoms with E-state index in [-0.39, 0.29) is 0 Å². The molecular formula is C66H84N12. The number of aryl methyl sites for hydroxylation is 6. The molecule has 0 bridgehead atoms. The van der Waals surface area contributed by atoms with E-state index in [1.165, 1.54) is 5.39 Å². The topological polar surface area (TPSA) is 155 Å². The smallest absolute Gasteiger partial charge is 0.159 e. The predicted molar refractivity (Wildman–Crippen MR) is 334 cm³/mol. The van der Waals surface area contributed by atoms with Crippen LogP contribution in [0, 0.1) is 41.5 Å². The van der Waals surface area contributed by atoms with Crippen LogP contribution in [0.25, 0.3) is 65.4 Å². The summed E-state index contributed by atoms with van der Waals surface area (Å²) < 4.78 is 0. The first kappa shape index (κ1) is 67.4. The number of fused-ring (bicyclic) bond motifs is 6. The number of para-hydroxylation sites is 1. The quantitative estimate of drug-likeness (QED) is 0.142. The minimum absolute atomic E-state index is 0.823. The van der Waals surface area contributed by atoms with Crippen molar-refractivity contribution in [3.63, 3.8) is 0 Å². The molecule has 0 saturated carbocycles. The van der Waals surface area contributed by atoms with E-state index in [4.69, 9.17) is 0 Å². The lowest BCUT2D eigenvalue weighted by Crippen LogP contribution is -1.86. The van der Waals surface area contributed by atoms with E-state index >= 15 is 0 Å². The third-order valence-electron chi connectivity index (χ3n) is 9.74. The molecule has 0 saturated heterocycles. The monoisotopic (exact) mass is 1040 g/mol. The zero-order chi connectivity index (χ0) is 58.1. The molecule has 0 unspecified atom stereocenters. The molecule has 0 aliphatic rings. The fraction of sp³-hybridized carbons (Fsp3) is 0.273. The van der Waals surface area contributed by atoms with E-state index in [1.54, 1.807) is 31.0 Å². The van der Waals surface area contributed by atoms with Gasteiger partial charge in [0.1, 0.15) is 5.82 Å². The summed E-state index contributed by atoms with van der Waals surface area (Å²) in [4.78, 5) is 41.6. The molecule has 0 atom stereocenters. The standard InChI is InChI=1S/6C9H8N2.6C2H6/c1-7-4-8-2-3-10-5-9(8)6-11-7;1-7-4-5-8-3-2-6-10-9(8)11-7;1-7-5-9-8(6-11-7)3-2-4-10-9;1-7-5-8-3-2-4-10-9(8)6-11-7;1-7-10-6-8-4-2-3-5-9(8)11-7;1-7-6-8-4-2-3-5-9(8)11-10-7;6*1-2/h6*2-6H,1H3;6*1-2H3. The SMILES string of the molecule is CC.CC.CC.CC.CC.CC.Cc1cc2ccccc2nn1.Cc1cc2cccnc2cn1.Cc1cc2ccncc2cn1.Cc1cc2ncccc2cn1.Cc1ccc2cccnc2n1.Cc1ncc2ccccc2n1. The molecule has 12 nitrogen and oxygen atoms in total. The zero-order valence-electron chi connectivity index (χ0n) is 49.7. The van der Waals surface area contributed by atoms with Crippen LogP contribution >= 0.6 is 0 Å². The maximum atomic E-state index is 4.26. The number of nitrogens with zero attached hydrogens (tertiary/aromatic N) is 12. The Kier molecular flexibility index (Phi) is 35.1. The number of rotatable bonds is 0. The Morgan fingerprint density at radius 2 is 0.731 bits per heavy atom. The molecule has 0 aliphatic heterocycles. The second-order valence-corrected chi connectivity index (χ2v) is 15.1. The van der Waals surface area contributed by atoms with Crippen molar-refractivity contribution >= 4 is 65.4 Å². The number of pyridine rings is 8. The third kappa shape index (κ3) is 23.9. The van der Waals surface area contributed by atoms with Crippen molar-refractivity contribution < 1.29 is 0 Å².